The number of hydrogen-bond acceptors (Lipinski definition) is 3. The average Bonchev–Trinajstić information content (AvgIpc) is 3.66. The van der Waals surface area contributed by atoms with Crippen LogP contribution in [0.25, 0.3) is 53.2 Å². The first kappa shape index (κ1) is 23.8. The Morgan fingerprint density at radius 2 is 1.26 bits per heavy atom. The zero-order valence-corrected chi connectivity index (χ0v) is 24.2. The summed E-state index contributed by atoms with van der Waals surface area (Å²) in [6.45, 7) is 4.69. The summed E-state index contributed by atoms with van der Waals surface area (Å²) in [6, 6.07) is 46.2. The molecule has 6 aromatic carbocycles. The van der Waals surface area contributed by atoms with Crippen molar-refractivity contribution in [2.75, 3.05) is 4.90 Å². The molecule has 0 saturated heterocycles. The third-order valence-electron chi connectivity index (χ3n) is 9.06. The van der Waals surface area contributed by atoms with Gasteiger partial charge in [0.25, 0.3) is 0 Å². The summed E-state index contributed by atoms with van der Waals surface area (Å²) in [6.07, 6.45) is 0. The SMILES string of the molecule is CC1(C)c2ccccc2-c2ccc(N(c3ccccc3)c3ccc4sc5ccc6c7ccccc7oc6c5c4c3)cc21. The lowest BCUT2D eigenvalue weighted by Crippen LogP contribution is -2.16. The Morgan fingerprint density at radius 3 is 2.17 bits per heavy atom. The second-order valence-electron chi connectivity index (χ2n) is 11.8. The van der Waals surface area contributed by atoms with Gasteiger partial charge in [0.2, 0.25) is 0 Å². The maximum atomic E-state index is 6.50. The van der Waals surface area contributed by atoms with Crippen molar-refractivity contribution in [3.8, 4) is 11.1 Å². The van der Waals surface area contributed by atoms with E-state index in [2.05, 4.69) is 140 Å². The Morgan fingerprint density at radius 1 is 0.548 bits per heavy atom. The number of benzene rings is 6. The quantitative estimate of drug-likeness (QED) is 0.215. The highest BCUT2D eigenvalue weighted by molar-refractivity contribution is 7.26. The Labute approximate surface area is 248 Å². The zero-order valence-electron chi connectivity index (χ0n) is 23.4. The van der Waals surface area contributed by atoms with Gasteiger partial charge in [-0.15, -0.1) is 11.3 Å². The van der Waals surface area contributed by atoms with Crippen LogP contribution in [0.5, 0.6) is 0 Å². The molecule has 0 unspecified atom stereocenters. The topological polar surface area (TPSA) is 16.4 Å². The second-order valence-corrected chi connectivity index (χ2v) is 12.9. The van der Waals surface area contributed by atoms with Gasteiger partial charge in [0.05, 0.1) is 0 Å². The van der Waals surface area contributed by atoms with Gasteiger partial charge in [-0.05, 0) is 82.9 Å². The minimum atomic E-state index is -0.0648. The summed E-state index contributed by atoms with van der Waals surface area (Å²) in [4.78, 5) is 2.39. The van der Waals surface area contributed by atoms with Crippen molar-refractivity contribution in [3.63, 3.8) is 0 Å². The van der Waals surface area contributed by atoms with Crippen molar-refractivity contribution in [1.82, 2.24) is 0 Å². The molecule has 9 rings (SSSR count). The molecule has 0 amide bonds. The van der Waals surface area contributed by atoms with Crippen molar-refractivity contribution >= 4 is 70.5 Å². The molecule has 0 aliphatic heterocycles. The van der Waals surface area contributed by atoms with Gasteiger partial charge in [-0.3, -0.25) is 0 Å². The second kappa shape index (κ2) is 8.58. The molecular formula is C39H27NOS. The van der Waals surface area contributed by atoms with Crippen LogP contribution in [-0.2, 0) is 5.41 Å². The number of nitrogens with zero attached hydrogens (tertiary/aromatic N) is 1. The van der Waals surface area contributed by atoms with Gasteiger partial charge in [-0.25, -0.2) is 0 Å². The maximum absolute atomic E-state index is 6.50. The van der Waals surface area contributed by atoms with Crippen molar-refractivity contribution in [1.29, 1.82) is 0 Å². The molecule has 0 spiro atoms. The standard InChI is InChI=1S/C39H27NOS/c1-39(2)32-14-8-6-12-27(32)28-18-16-26(23-33(28)39)40(24-10-4-3-5-11-24)25-17-20-35-31(22-25)37-36(42-35)21-19-30-29-13-7-9-15-34(29)41-38(30)37/h3-23H,1-2H3. The van der Waals surface area contributed by atoms with Gasteiger partial charge in [0, 0.05) is 53.4 Å². The van der Waals surface area contributed by atoms with Crippen molar-refractivity contribution in [2.24, 2.45) is 0 Å². The van der Waals surface area contributed by atoms with Crippen LogP contribution >= 0.6 is 11.3 Å². The molecule has 0 saturated carbocycles. The van der Waals surface area contributed by atoms with Crippen molar-refractivity contribution < 1.29 is 4.42 Å². The van der Waals surface area contributed by atoms with Gasteiger partial charge in [0.1, 0.15) is 11.2 Å². The van der Waals surface area contributed by atoms with Gasteiger partial charge in [-0.1, -0.05) is 80.6 Å². The molecule has 0 radical (unpaired) electrons. The van der Waals surface area contributed by atoms with Gasteiger partial charge in [-0.2, -0.15) is 0 Å². The predicted octanol–water partition coefficient (Wildman–Crippen LogP) is 11.7. The molecule has 0 atom stereocenters. The summed E-state index contributed by atoms with van der Waals surface area (Å²) in [5.74, 6) is 0. The van der Waals surface area contributed by atoms with Gasteiger partial charge in [0.15, 0.2) is 0 Å². The van der Waals surface area contributed by atoms with Crippen LogP contribution in [0.1, 0.15) is 25.0 Å². The Kier molecular flexibility index (Phi) is 4.86. The zero-order chi connectivity index (χ0) is 28.0. The molecule has 1 aliphatic carbocycles. The highest BCUT2D eigenvalue weighted by Gasteiger charge is 2.35. The fraction of sp³-hybridized carbons (Fsp3) is 0.0769. The van der Waals surface area contributed by atoms with Gasteiger partial charge < -0.3 is 9.32 Å². The van der Waals surface area contributed by atoms with E-state index in [0.717, 1.165) is 33.6 Å². The highest BCUT2D eigenvalue weighted by Crippen LogP contribution is 2.51. The molecule has 3 heteroatoms. The monoisotopic (exact) mass is 557 g/mol. The Bertz CT molecular complexity index is 2340. The first-order chi connectivity index (χ1) is 20.6. The number of furan rings is 1. The summed E-state index contributed by atoms with van der Waals surface area (Å²) >= 11 is 1.83. The molecule has 2 heterocycles. The summed E-state index contributed by atoms with van der Waals surface area (Å²) in [5.41, 5.74) is 10.7. The number of rotatable bonds is 3. The molecule has 0 fully saturated rings. The van der Waals surface area contributed by atoms with Crippen LogP contribution in [0.15, 0.2) is 132 Å². The van der Waals surface area contributed by atoms with E-state index < -0.39 is 0 Å². The van der Waals surface area contributed by atoms with Crippen LogP contribution in [-0.4, -0.2) is 0 Å². The summed E-state index contributed by atoms with van der Waals surface area (Å²) in [5, 5.41) is 4.76. The molecule has 0 N–H and O–H groups in total. The van der Waals surface area contributed by atoms with E-state index in [-0.39, 0.29) is 5.41 Å². The van der Waals surface area contributed by atoms with Gasteiger partial charge >= 0.3 is 0 Å². The van der Waals surface area contributed by atoms with Crippen LogP contribution in [0.2, 0.25) is 0 Å². The van der Waals surface area contributed by atoms with E-state index >= 15 is 0 Å². The van der Waals surface area contributed by atoms with E-state index in [1.54, 1.807) is 0 Å². The highest BCUT2D eigenvalue weighted by atomic mass is 32.1. The number of para-hydroxylation sites is 2. The Hall–Kier alpha value is -4.86. The molecule has 0 bridgehead atoms. The Balaban J connectivity index is 1.28. The largest absolute Gasteiger partial charge is 0.455 e. The number of anilines is 3. The number of thiophene rings is 1. The lowest BCUT2D eigenvalue weighted by molar-refractivity contribution is 0.660. The molecule has 8 aromatic rings. The molecular weight excluding hydrogens is 531 g/mol. The first-order valence-corrected chi connectivity index (χ1v) is 15.3. The molecule has 2 aromatic heterocycles. The third kappa shape index (κ3) is 3.26. The van der Waals surface area contributed by atoms with Crippen LogP contribution < -0.4 is 4.90 Å². The van der Waals surface area contributed by atoms with Crippen LogP contribution in [0.3, 0.4) is 0 Å². The van der Waals surface area contributed by atoms with E-state index in [1.165, 1.54) is 47.8 Å². The summed E-state index contributed by atoms with van der Waals surface area (Å²) in [7, 11) is 0. The van der Waals surface area contributed by atoms with Crippen LogP contribution in [0, 0.1) is 0 Å². The fourth-order valence-corrected chi connectivity index (χ4v) is 8.11. The average molecular weight is 558 g/mol. The summed E-state index contributed by atoms with van der Waals surface area (Å²) < 4.78 is 9.01. The normalized spacial score (nSPS) is 13.7. The van der Waals surface area contributed by atoms with E-state index in [4.69, 9.17) is 4.42 Å². The maximum Gasteiger partial charge on any atom is 0.144 e. The first-order valence-electron chi connectivity index (χ1n) is 14.4. The lowest BCUT2D eigenvalue weighted by Gasteiger charge is -2.28. The molecule has 1 aliphatic rings. The minimum Gasteiger partial charge on any atom is -0.455 e. The van der Waals surface area contributed by atoms with Crippen LogP contribution in [0.4, 0.5) is 17.1 Å². The molecule has 2 nitrogen and oxygen atoms in total. The molecule has 200 valence electrons. The van der Waals surface area contributed by atoms with E-state index in [1.807, 2.05) is 17.4 Å². The lowest BCUT2D eigenvalue weighted by atomic mass is 9.82. The smallest absolute Gasteiger partial charge is 0.144 e. The van der Waals surface area contributed by atoms with E-state index in [0.29, 0.717) is 0 Å². The third-order valence-corrected chi connectivity index (χ3v) is 10.2. The predicted molar refractivity (Wildman–Crippen MR) is 179 cm³/mol. The number of fused-ring (bicyclic) bond motifs is 10. The number of hydrogen-bond donors (Lipinski definition) is 0. The van der Waals surface area contributed by atoms with E-state index in [9.17, 15) is 0 Å². The fourth-order valence-electron chi connectivity index (χ4n) is 7.03. The van der Waals surface area contributed by atoms with Crippen molar-refractivity contribution in [3.05, 3.63) is 139 Å². The molecule has 42 heavy (non-hydrogen) atoms. The minimum absolute atomic E-state index is 0.0648. The van der Waals surface area contributed by atoms with Crippen molar-refractivity contribution in [2.45, 2.75) is 19.3 Å².